The average Bonchev–Trinajstić information content (AvgIpc) is 2.81. The third kappa shape index (κ3) is 3.98. The number of amides is 1. The second-order valence-electron chi connectivity index (χ2n) is 6.85. The van der Waals surface area contributed by atoms with Crippen molar-refractivity contribution in [2.45, 2.75) is 6.54 Å². The van der Waals surface area contributed by atoms with Crippen LogP contribution in [0.1, 0.15) is 5.56 Å². The van der Waals surface area contributed by atoms with Crippen LogP contribution in [-0.2, 0) is 11.3 Å². The van der Waals surface area contributed by atoms with Crippen LogP contribution in [-0.4, -0.2) is 30.9 Å². The fraction of sp³-hybridized carbons (Fsp3) is 0.125. The largest absolute Gasteiger partial charge is 0.497 e. The highest BCUT2D eigenvalue weighted by Gasteiger charge is 2.12. The molecule has 0 atom stereocenters. The van der Waals surface area contributed by atoms with Gasteiger partial charge in [-0.1, -0.05) is 24.3 Å². The van der Waals surface area contributed by atoms with Gasteiger partial charge in [0.2, 0.25) is 0 Å². The number of carbonyl (C=O) groups is 1. The number of pyridine rings is 1. The van der Waals surface area contributed by atoms with E-state index in [4.69, 9.17) is 9.47 Å². The molecular weight excluding hydrogens is 394 g/mol. The Morgan fingerprint density at radius 2 is 1.61 bits per heavy atom. The highest BCUT2D eigenvalue weighted by Crippen LogP contribution is 2.22. The fourth-order valence-corrected chi connectivity index (χ4v) is 3.54. The van der Waals surface area contributed by atoms with E-state index < -0.39 is 0 Å². The number of nitrogens with zero attached hydrogens (tertiary/aromatic N) is 2. The summed E-state index contributed by atoms with van der Waals surface area (Å²) in [5.74, 6) is 0.938. The Morgan fingerprint density at radius 3 is 2.23 bits per heavy atom. The third-order valence-electron chi connectivity index (χ3n) is 5.01. The number of nitrogens with one attached hydrogen (secondary N) is 1. The van der Waals surface area contributed by atoms with Crippen molar-refractivity contribution in [1.29, 1.82) is 0 Å². The molecule has 0 aliphatic heterocycles. The Labute approximate surface area is 178 Å². The van der Waals surface area contributed by atoms with Crippen molar-refractivity contribution in [1.82, 2.24) is 9.99 Å². The minimum Gasteiger partial charge on any atom is -0.497 e. The first-order chi connectivity index (χ1) is 15.1. The first-order valence-corrected chi connectivity index (χ1v) is 9.66. The molecular formula is C24H21N3O4. The zero-order valence-electron chi connectivity index (χ0n) is 17.2. The Balaban J connectivity index is 1.63. The molecule has 0 unspecified atom stereocenters. The van der Waals surface area contributed by atoms with Gasteiger partial charge in [-0.05, 0) is 42.5 Å². The van der Waals surface area contributed by atoms with Gasteiger partial charge < -0.3 is 14.0 Å². The van der Waals surface area contributed by atoms with Crippen LogP contribution >= 0.6 is 0 Å². The minimum absolute atomic E-state index is 0.00783. The maximum atomic E-state index is 12.8. The summed E-state index contributed by atoms with van der Waals surface area (Å²) in [4.78, 5) is 25.5. The van der Waals surface area contributed by atoms with E-state index in [1.165, 1.54) is 6.21 Å². The van der Waals surface area contributed by atoms with Crippen molar-refractivity contribution in [3.05, 3.63) is 82.5 Å². The number of para-hydroxylation sites is 2. The summed E-state index contributed by atoms with van der Waals surface area (Å²) >= 11 is 0. The summed E-state index contributed by atoms with van der Waals surface area (Å²) in [6.07, 6.45) is 1.50. The standard InChI is InChI=1S/C24H21N3O4/c1-30-17-11-12-22(31-2)16(13-17)14-25-26-23(28)15-27-20-9-5-3-7-18(20)24(29)19-8-4-6-10-21(19)27/h3-14H,15H2,1-2H3,(H,26,28)/b25-14-. The molecule has 0 aliphatic carbocycles. The van der Waals surface area contributed by atoms with E-state index in [2.05, 4.69) is 10.5 Å². The number of methoxy groups -OCH3 is 2. The van der Waals surface area contributed by atoms with Crippen LogP contribution < -0.4 is 20.3 Å². The van der Waals surface area contributed by atoms with Gasteiger partial charge in [0.25, 0.3) is 5.91 Å². The average molecular weight is 415 g/mol. The molecule has 0 aliphatic rings. The monoisotopic (exact) mass is 415 g/mol. The first-order valence-electron chi connectivity index (χ1n) is 9.66. The molecule has 31 heavy (non-hydrogen) atoms. The van der Waals surface area contributed by atoms with Crippen molar-refractivity contribution in [2.24, 2.45) is 5.10 Å². The Bertz CT molecular complexity index is 1300. The summed E-state index contributed by atoms with van der Waals surface area (Å²) in [5, 5.41) is 5.20. The number of rotatable bonds is 6. The second kappa shape index (κ2) is 8.71. The van der Waals surface area contributed by atoms with Gasteiger partial charge in [-0.3, -0.25) is 9.59 Å². The van der Waals surface area contributed by atoms with Gasteiger partial charge in [0.05, 0.1) is 31.5 Å². The Morgan fingerprint density at radius 1 is 0.968 bits per heavy atom. The van der Waals surface area contributed by atoms with E-state index in [-0.39, 0.29) is 17.9 Å². The first kappa shape index (κ1) is 20.2. The van der Waals surface area contributed by atoms with Crippen LogP contribution in [0.5, 0.6) is 11.5 Å². The highest BCUT2D eigenvalue weighted by atomic mass is 16.5. The number of aromatic nitrogens is 1. The maximum Gasteiger partial charge on any atom is 0.260 e. The van der Waals surface area contributed by atoms with E-state index in [9.17, 15) is 9.59 Å². The molecule has 4 aromatic rings. The number of fused-ring (bicyclic) bond motifs is 2. The van der Waals surface area contributed by atoms with Crippen molar-refractivity contribution < 1.29 is 14.3 Å². The van der Waals surface area contributed by atoms with Crippen LogP contribution in [0.3, 0.4) is 0 Å². The Hall–Kier alpha value is -4.13. The van der Waals surface area contributed by atoms with Crippen LogP contribution in [0, 0.1) is 0 Å². The Kier molecular flexibility index (Phi) is 5.66. The normalized spacial score (nSPS) is 11.2. The van der Waals surface area contributed by atoms with Gasteiger partial charge in [0.15, 0.2) is 5.43 Å². The van der Waals surface area contributed by atoms with E-state index >= 15 is 0 Å². The van der Waals surface area contributed by atoms with E-state index in [0.717, 1.165) is 0 Å². The summed E-state index contributed by atoms with van der Waals surface area (Å²) < 4.78 is 12.4. The zero-order chi connectivity index (χ0) is 21.8. The number of ether oxygens (including phenoxy) is 2. The summed E-state index contributed by atoms with van der Waals surface area (Å²) in [7, 11) is 3.13. The zero-order valence-corrected chi connectivity index (χ0v) is 17.2. The molecule has 7 heteroatoms. The van der Waals surface area contributed by atoms with E-state index in [1.807, 2.05) is 41.0 Å². The fourth-order valence-electron chi connectivity index (χ4n) is 3.54. The maximum absolute atomic E-state index is 12.8. The molecule has 4 rings (SSSR count). The highest BCUT2D eigenvalue weighted by molar-refractivity contribution is 5.95. The molecule has 3 aromatic carbocycles. The van der Waals surface area contributed by atoms with Gasteiger partial charge in [-0.2, -0.15) is 5.10 Å². The topological polar surface area (TPSA) is 81.9 Å². The van der Waals surface area contributed by atoms with Gasteiger partial charge in [0.1, 0.15) is 18.0 Å². The molecule has 0 radical (unpaired) electrons. The molecule has 1 heterocycles. The van der Waals surface area contributed by atoms with E-state index in [1.54, 1.807) is 44.6 Å². The summed E-state index contributed by atoms with van der Waals surface area (Å²) in [5.41, 5.74) is 4.55. The molecule has 0 saturated heterocycles. The van der Waals surface area contributed by atoms with Crippen molar-refractivity contribution >= 4 is 33.9 Å². The molecule has 0 bridgehead atoms. The molecule has 0 saturated carbocycles. The van der Waals surface area contributed by atoms with Crippen LogP contribution in [0.4, 0.5) is 0 Å². The van der Waals surface area contributed by atoms with Crippen LogP contribution in [0.25, 0.3) is 21.8 Å². The number of carbonyl (C=O) groups excluding carboxylic acids is 1. The van der Waals surface area contributed by atoms with Crippen LogP contribution in [0.2, 0.25) is 0 Å². The molecule has 0 fully saturated rings. The van der Waals surface area contributed by atoms with Crippen LogP contribution in [0.15, 0.2) is 76.6 Å². The van der Waals surface area contributed by atoms with Gasteiger partial charge >= 0.3 is 0 Å². The second-order valence-corrected chi connectivity index (χ2v) is 6.85. The lowest BCUT2D eigenvalue weighted by atomic mass is 10.1. The van der Waals surface area contributed by atoms with Gasteiger partial charge in [-0.25, -0.2) is 5.43 Å². The molecule has 156 valence electrons. The summed E-state index contributed by atoms with van der Waals surface area (Å²) in [6.45, 7) is 0.00783. The lowest BCUT2D eigenvalue weighted by Gasteiger charge is -2.14. The minimum atomic E-state index is -0.322. The quantitative estimate of drug-likeness (QED) is 0.298. The number of hydrazone groups is 1. The predicted molar refractivity (Wildman–Crippen MR) is 121 cm³/mol. The molecule has 1 aromatic heterocycles. The van der Waals surface area contributed by atoms with E-state index in [0.29, 0.717) is 38.9 Å². The third-order valence-corrected chi connectivity index (χ3v) is 5.01. The number of hydrogen-bond acceptors (Lipinski definition) is 5. The lowest BCUT2D eigenvalue weighted by Crippen LogP contribution is -2.25. The number of benzene rings is 3. The smallest absolute Gasteiger partial charge is 0.260 e. The SMILES string of the molecule is COc1ccc(OC)c(/C=N\NC(=O)Cn2c3ccccc3c(=O)c3ccccc32)c1. The summed E-state index contributed by atoms with van der Waals surface area (Å²) in [6, 6.07) is 19.8. The number of hydrogen-bond donors (Lipinski definition) is 1. The predicted octanol–water partition coefficient (Wildman–Crippen LogP) is 3.32. The lowest BCUT2D eigenvalue weighted by molar-refractivity contribution is -0.121. The molecule has 0 spiro atoms. The van der Waals surface area contributed by atoms with Crippen molar-refractivity contribution in [3.63, 3.8) is 0 Å². The molecule has 1 N–H and O–H groups in total. The molecule has 1 amide bonds. The van der Waals surface area contributed by atoms with Gasteiger partial charge in [-0.15, -0.1) is 0 Å². The van der Waals surface area contributed by atoms with Crippen molar-refractivity contribution in [2.75, 3.05) is 14.2 Å². The van der Waals surface area contributed by atoms with Gasteiger partial charge in [0, 0.05) is 16.3 Å². The van der Waals surface area contributed by atoms with Crippen molar-refractivity contribution in [3.8, 4) is 11.5 Å². The molecule has 7 nitrogen and oxygen atoms in total.